The molecule has 2 rings (SSSR count). The lowest BCUT2D eigenvalue weighted by Crippen LogP contribution is -2.24. The maximum absolute atomic E-state index is 11.8. The predicted octanol–water partition coefficient (Wildman–Crippen LogP) is 3.08. The van der Waals surface area contributed by atoms with Crippen molar-refractivity contribution in [1.82, 2.24) is 20.1 Å². The fraction of sp³-hybridized carbons (Fsp3) is 0.533. The molecule has 22 heavy (non-hydrogen) atoms. The van der Waals surface area contributed by atoms with Crippen molar-refractivity contribution in [3.8, 4) is 0 Å². The summed E-state index contributed by atoms with van der Waals surface area (Å²) in [5.41, 5.74) is 0. The van der Waals surface area contributed by atoms with Crippen molar-refractivity contribution < 1.29 is 4.79 Å². The summed E-state index contributed by atoms with van der Waals surface area (Å²) in [7, 11) is 0. The molecule has 0 saturated carbocycles. The van der Waals surface area contributed by atoms with E-state index in [9.17, 15) is 4.79 Å². The fourth-order valence-electron chi connectivity index (χ4n) is 2.15. The highest BCUT2D eigenvalue weighted by atomic mass is 32.2. The summed E-state index contributed by atoms with van der Waals surface area (Å²) in [6, 6.07) is 3.72. The average Bonchev–Trinajstić information content (AvgIpc) is 3.13. The second kappa shape index (κ2) is 8.33. The Balaban J connectivity index is 1.84. The number of hydrogen-bond acceptors (Lipinski definition) is 5. The number of carbonyl (C=O) groups excluding carboxylic acids is 1. The summed E-state index contributed by atoms with van der Waals surface area (Å²) >= 11 is 3.08. The minimum Gasteiger partial charge on any atom is -0.351 e. The van der Waals surface area contributed by atoms with Crippen molar-refractivity contribution in [3.63, 3.8) is 0 Å². The first-order valence-corrected chi connectivity index (χ1v) is 9.50. The van der Waals surface area contributed by atoms with Gasteiger partial charge in [-0.15, -0.1) is 21.5 Å². The van der Waals surface area contributed by atoms with Crippen LogP contribution in [0.1, 0.15) is 35.8 Å². The van der Waals surface area contributed by atoms with E-state index in [1.54, 1.807) is 11.8 Å². The zero-order valence-electron chi connectivity index (χ0n) is 13.2. The minimum absolute atomic E-state index is 0.00319. The number of aromatic nitrogens is 3. The molecule has 0 fully saturated rings. The Kier molecular flexibility index (Phi) is 6.45. The van der Waals surface area contributed by atoms with Crippen LogP contribution in [0.4, 0.5) is 0 Å². The third kappa shape index (κ3) is 4.58. The maximum atomic E-state index is 11.8. The van der Waals surface area contributed by atoms with Crippen molar-refractivity contribution in [2.24, 2.45) is 5.92 Å². The van der Waals surface area contributed by atoms with Crippen LogP contribution in [0.5, 0.6) is 0 Å². The van der Waals surface area contributed by atoms with Crippen molar-refractivity contribution >= 4 is 29.0 Å². The molecule has 0 aliphatic carbocycles. The molecule has 2 aromatic heterocycles. The molecule has 5 nitrogen and oxygen atoms in total. The van der Waals surface area contributed by atoms with E-state index in [-0.39, 0.29) is 5.91 Å². The first-order chi connectivity index (χ1) is 10.6. The lowest BCUT2D eigenvalue weighted by atomic mass is 10.2. The highest BCUT2D eigenvalue weighted by Crippen LogP contribution is 2.16. The first-order valence-electron chi connectivity index (χ1n) is 7.39. The lowest BCUT2D eigenvalue weighted by molar-refractivity contribution is 0.0957. The molecule has 2 aromatic rings. The molecule has 7 heteroatoms. The zero-order chi connectivity index (χ0) is 15.9. The van der Waals surface area contributed by atoms with E-state index >= 15 is 0 Å². The molecule has 0 radical (unpaired) electrons. The molecule has 120 valence electrons. The highest BCUT2D eigenvalue weighted by Gasteiger charge is 2.12. The van der Waals surface area contributed by atoms with Gasteiger partial charge >= 0.3 is 0 Å². The number of hydrogen-bond donors (Lipinski definition) is 1. The zero-order valence-corrected chi connectivity index (χ0v) is 14.8. The van der Waals surface area contributed by atoms with E-state index in [4.69, 9.17) is 0 Å². The molecule has 1 amide bonds. The molecular weight excluding hydrogens is 316 g/mol. The van der Waals surface area contributed by atoms with Crippen LogP contribution < -0.4 is 5.32 Å². The number of carbonyl (C=O) groups is 1. The van der Waals surface area contributed by atoms with Crippen LogP contribution in [0.2, 0.25) is 0 Å². The van der Waals surface area contributed by atoms with Crippen LogP contribution in [-0.2, 0) is 13.0 Å². The highest BCUT2D eigenvalue weighted by molar-refractivity contribution is 7.98. The van der Waals surface area contributed by atoms with Crippen LogP contribution in [0, 0.1) is 5.92 Å². The summed E-state index contributed by atoms with van der Waals surface area (Å²) in [5, 5.41) is 14.3. The minimum atomic E-state index is 0.00319. The molecule has 0 bridgehead atoms. The number of rotatable bonds is 8. The molecular formula is C15H22N4OS2. The third-order valence-electron chi connectivity index (χ3n) is 3.13. The van der Waals surface area contributed by atoms with E-state index in [1.165, 1.54) is 11.3 Å². The molecule has 0 unspecified atom stereocenters. The van der Waals surface area contributed by atoms with E-state index in [0.29, 0.717) is 12.5 Å². The van der Waals surface area contributed by atoms with Gasteiger partial charge in [-0.1, -0.05) is 31.7 Å². The van der Waals surface area contributed by atoms with E-state index in [1.807, 2.05) is 23.8 Å². The Morgan fingerprint density at radius 2 is 2.27 bits per heavy atom. The van der Waals surface area contributed by atoms with Crippen LogP contribution in [-0.4, -0.2) is 33.5 Å². The smallest absolute Gasteiger partial charge is 0.261 e. The van der Waals surface area contributed by atoms with Gasteiger partial charge in [-0.3, -0.25) is 4.79 Å². The number of nitrogens with one attached hydrogen (secondary N) is 1. The van der Waals surface area contributed by atoms with Crippen molar-refractivity contribution in [1.29, 1.82) is 0 Å². The van der Waals surface area contributed by atoms with Crippen molar-refractivity contribution in [3.05, 3.63) is 28.2 Å². The lowest BCUT2D eigenvalue weighted by Gasteiger charge is -2.11. The van der Waals surface area contributed by atoms with Gasteiger partial charge < -0.3 is 9.88 Å². The summed E-state index contributed by atoms with van der Waals surface area (Å²) in [4.78, 5) is 12.6. The van der Waals surface area contributed by atoms with Gasteiger partial charge in [0.1, 0.15) is 5.82 Å². The van der Waals surface area contributed by atoms with E-state index in [2.05, 4.69) is 33.9 Å². The van der Waals surface area contributed by atoms with Gasteiger partial charge in [-0.05, 0) is 30.0 Å². The SMILES string of the molecule is CSc1nnc(CCCNC(=O)c2cccs2)n1CC(C)C. The van der Waals surface area contributed by atoms with E-state index < -0.39 is 0 Å². The Morgan fingerprint density at radius 1 is 1.45 bits per heavy atom. The molecule has 0 aliphatic heterocycles. The molecule has 0 aromatic carbocycles. The number of thioether (sulfide) groups is 1. The van der Waals surface area contributed by atoms with Crippen LogP contribution >= 0.6 is 23.1 Å². The van der Waals surface area contributed by atoms with Crippen LogP contribution in [0.15, 0.2) is 22.7 Å². The van der Waals surface area contributed by atoms with E-state index in [0.717, 1.165) is 35.2 Å². The summed E-state index contributed by atoms with van der Waals surface area (Å²) in [6.45, 7) is 5.96. The van der Waals surface area contributed by atoms with Crippen LogP contribution in [0.3, 0.4) is 0 Å². The number of thiophene rings is 1. The summed E-state index contributed by atoms with van der Waals surface area (Å²) < 4.78 is 2.19. The first kappa shape index (κ1) is 17.0. The molecule has 1 N–H and O–H groups in total. The Morgan fingerprint density at radius 3 is 2.91 bits per heavy atom. The number of amides is 1. The Labute approximate surface area is 139 Å². The average molecular weight is 339 g/mol. The molecule has 0 spiro atoms. The monoisotopic (exact) mass is 338 g/mol. The second-order valence-electron chi connectivity index (χ2n) is 5.44. The number of aryl methyl sites for hydroxylation is 1. The van der Waals surface area contributed by atoms with Gasteiger partial charge in [0.25, 0.3) is 5.91 Å². The van der Waals surface area contributed by atoms with Gasteiger partial charge in [0.05, 0.1) is 4.88 Å². The Bertz CT molecular complexity index is 593. The standard InChI is InChI=1S/C15H22N4OS2/c1-11(2)10-19-13(17-18-15(19)21-3)7-4-8-16-14(20)12-6-5-9-22-12/h5-6,9,11H,4,7-8,10H2,1-3H3,(H,16,20). The molecule has 0 atom stereocenters. The van der Waals surface area contributed by atoms with Gasteiger partial charge in [0, 0.05) is 19.5 Å². The normalized spacial score (nSPS) is 11.1. The Hall–Kier alpha value is -1.34. The number of nitrogens with zero attached hydrogens (tertiary/aromatic N) is 3. The molecule has 0 saturated heterocycles. The largest absolute Gasteiger partial charge is 0.351 e. The maximum Gasteiger partial charge on any atom is 0.261 e. The van der Waals surface area contributed by atoms with Gasteiger partial charge in [-0.2, -0.15) is 0 Å². The van der Waals surface area contributed by atoms with Crippen molar-refractivity contribution in [2.45, 2.75) is 38.4 Å². The third-order valence-corrected chi connectivity index (χ3v) is 4.67. The van der Waals surface area contributed by atoms with Gasteiger partial charge in [0.15, 0.2) is 5.16 Å². The molecule has 2 heterocycles. The summed E-state index contributed by atoms with van der Waals surface area (Å²) in [5.74, 6) is 1.56. The fourth-order valence-corrected chi connectivity index (χ4v) is 3.31. The van der Waals surface area contributed by atoms with Crippen LogP contribution in [0.25, 0.3) is 0 Å². The molecule has 0 aliphatic rings. The van der Waals surface area contributed by atoms with Crippen molar-refractivity contribution in [2.75, 3.05) is 12.8 Å². The summed E-state index contributed by atoms with van der Waals surface area (Å²) in [6.07, 6.45) is 3.71. The second-order valence-corrected chi connectivity index (χ2v) is 7.17. The predicted molar refractivity (Wildman–Crippen MR) is 91.6 cm³/mol. The topological polar surface area (TPSA) is 59.8 Å². The quantitative estimate of drug-likeness (QED) is 0.593. The van der Waals surface area contributed by atoms with Gasteiger partial charge in [-0.25, -0.2) is 0 Å². The van der Waals surface area contributed by atoms with Gasteiger partial charge in [0.2, 0.25) is 0 Å².